The van der Waals surface area contributed by atoms with E-state index in [9.17, 15) is 9.90 Å². The quantitative estimate of drug-likeness (QED) is 0.621. The summed E-state index contributed by atoms with van der Waals surface area (Å²) in [4.78, 5) is 16.6. The molecular weight excluding hydrogens is 360 g/mol. The smallest absolute Gasteiger partial charge is 0.220 e. The van der Waals surface area contributed by atoms with Crippen molar-refractivity contribution >= 4 is 17.2 Å². The number of aryl methyl sites for hydroxylation is 1. The van der Waals surface area contributed by atoms with Crippen LogP contribution in [-0.2, 0) is 17.6 Å². The van der Waals surface area contributed by atoms with Gasteiger partial charge in [-0.15, -0.1) is 11.3 Å². The number of aromatic hydroxyl groups is 1. The van der Waals surface area contributed by atoms with E-state index in [4.69, 9.17) is 4.74 Å². The number of rotatable bonds is 8. The second kappa shape index (κ2) is 9.19. The van der Waals surface area contributed by atoms with Crippen LogP contribution in [0.25, 0.3) is 11.3 Å². The summed E-state index contributed by atoms with van der Waals surface area (Å²) in [6.07, 6.45) is 1.87. The zero-order valence-electron chi connectivity index (χ0n) is 15.1. The summed E-state index contributed by atoms with van der Waals surface area (Å²) < 4.78 is 5.13. The van der Waals surface area contributed by atoms with Crippen molar-refractivity contribution in [2.24, 2.45) is 0 Å². The number of hydrogen-bond donors (Lipinski definition) is 2. The van der Waals surface area contributed by atoms with Crippen molar-refractivity contribution in [2.45, 2.75) is 19.3 Å². The number of aromatic nitrogens is 1. The first-order valence-electron chi connectivity index (χ1n) is 8.77. The maximum atomic E-state index is 12.0. The zero-order valence-corrected chi connectivity index (χ0v) is 16.0. The SMILES string of the molecule is COc1ccc(CCC(=O)NCCc2nc(-c3ccc(O)cc3)cs2)cc1. The van der Waals surface area contributed by atoms with Gasteiger partial charge in [0.15, 0.2) is 0 Å². The molecule has 1 amide bonds. The maximum absolute atomic E-state index is 12.0. The lowest BCUT2D eigenvalue weighted by atomic mass is 10.1. The Balaban J connectivity index is 1.41. The Labute approximate surface area is 162 Å². The molecule has 0 aliphatic rings. The average Bonchev–Trinajstić information content (AvgIpc) is 3.16. The summed E-state index contributed by atoms with van der Waals surface area (Å²) in [7, 11) is 1.64. The number of hydrogen-bond acceptors (Lipinski definition) is 5. The number of nitrogens with zero attached hydrogens (tertiary/aromatic N) is 1. The molecule has 2 aromatic carbocycles. The number of phenols is 1. The molecule has 0 atom stereocenters. The van der Waals surface area contributed by atoms with Crippen molar-refractivity contribution in [1.29, 1.82) is 0 Å². The summed E-state index contributed by atoms with van der Waals surface area (Å²) in [5.74, 6) is 1.10. The maximum Gasteiger partial charge on any atom is 0.220 e. The highest BCUT2D eigenvalue weighted by Gasteiger charge is 2.06. The van der Waals surface area contributed by atoms with E-state index in [1.54, 1.807) is 30.6 Å². The second-order valence-electron chi connectivity index (χ2n) is 6.12. The lowest BCUT2D eigenvalue weighted by molar-refractivity contribution is -0.121. The van der Waals surface area contributed by atoms with E-state index in [0.29, 0.717) is 25.8 Å². The van der Waals surface area contributed by atoms with Gasteiger partial charge in [0.25, 0.3) is 0 Å². The van der Waals surface area contributed by atoms with Crippen LogP contribution in [0, 0.1) is 0 Å². The van der Waals surface area contributed by atoms with E-state index in [1.807, 2.05) is 41.8 Å². The zero-order chi connectivity index (χ0) is 19.1. The molecule has 0 aliphatic heterocycles. The molecule has 1 aromatic heterocycles. The first kappa shape index (κ1) is 18.9. The Morgan fingerprint density at radius 2 is 1.85 bits per heavy atom. The van der Waals surface area contributed by atoms with E-state index in [-0.39, 0.29) is 11.7 Å². The third-order valence-electron chi connectivity index (χ3n) is 4.18. The number of methoxy groups -OCH3 is 1. The first-order valence-corrected chi connectivity index (χ1v) is 9.65. The standard InChI is InChI=1S/C21H22N2O3S/c1-26-18-9-2-15(3-10-18)4-11-20(25)22-13-12-21-23-19(14-27-21)16-5-7-17(24)8-6-16/h2-3,5-10,14,24H,4,11-13H2,1H3,(H,22,25). The molecule has 2 N–H and O–H groups in total. The van der Waals surface area contributed by atoms with E-state index in [0.717, 1.165) is 27.6 Å². The predicted octanol–water partition coefficient (Wildman–Crippen LogP) is 3.82. The fraction of sp³-hybridized carbons (Fsp3) is 0.238. The summed E-state index contributed by atoms with van der Waals surface area (Å²) in [6.45, 7) is 0.573. The highest BCUT2D eigenvalue weighted by Crippen LogP contribution is 2.23. The molecule has 0 saturated carbocycles. The summed E-state index contributed by atoms with van der Waals surface area (Å²) in [5, 5.41) is 15.3. The second-order valence-corrected chi connectivity index (χ2v) is 7.06. The van der Waals surface area contributed by atoms with Crippen molar-refractivity contribution in [1.82, 2.24) is 10.3 Å². The summed E-state index contributed by atoms with van der Waals surface area (Å²) in [6, 6.07) is 14.8. The molecule has 0 aliphatic carbocycles. The highest BCUT2D eigenvalue weighted by atomic mass is 32.1. The number of benzene rings is 2. The van der Waals surface area contributed by atoms with Crippen molar-refractivity contribution in [2.75, 3.05) is 13.7 Å². The van der Waals surface area contributed by atoms with E-state index in [1.165, 1.54) is 0 Å². The van der Waals surface area contributed by atoms with Crippen LogP contribution < -0.4 is 10.1 Å². The van der Waals surface area contributed by atoms with Crippen LogP contribution in [0.2, 0.25) is 0 Å². The Bertz CT molecular complexity index is 873. The van der Waals surface area contributed by atoms with Gasteiger partial charge in [-0.1, -0.05) is 12.1 Å². The van der Waals surface area contributed by atoms with Gasteiger partial charge in [0.05, 0.1) is 17.8 Å². The van der Waals surface area contributed by atoms with Gasteiger partial charge < -0.3 is 15.2 Å². The van der Waals surface area contributed by atoms with Gasteiger partial charge >= 0.3 is 0 Å². The van der Waals surface area contributed by atoms with Crippen LogP contribution in [0.3, 0.4) is 0 Å². The molecule has 5 nitrogen and oxygen atoms in total. The average molecular weight is 382 g/mol. The lowest BCUT2D eigenvalue weighted by Gasteiger charge is -2.05. The minimum atomic E-state index is 0.0427. The molecule has 3 rings (SSSR count). The number of ether oxygens (including phenoxy) is 1. The van der Waals surface area contributed by atoms with E-state index in [2.05, 4.69) is 10.3 Å². The van der Waals surface area contributed by atoms with Gasteiger partial charge in [-0.05, 0) is 48.4 Å². The monoisotopic (exact) mass is 382 g/mol. The number of nitrogens with one attached hydrogen (secondary N) is 1. The highest BCUT2D eigenvalue weighted by molar-refractivity contribution is 7.09. The number of amides is 1. The third kappa shape index (κ3) is 5.56. The molecular formula is C21H22N2O3S. The molecule has 140 valence electrons. The van der Waals surface area contributed by atoms with Crippen LogP contribution in [-0.4, -0.2) is 29.7 Å². The first-order chi connectivity index (χ1) is 13.1. The topological polar surface area (TPSA) is 71.5 Å². The third-order valence-corrected chi connectivity index (χ3v) is 5.08. The normalized spacial score (nSPS) is 10.6. The minimum Gasteiger partial charge on any atom is -0.508 e. The Morgan fingerprint density at radius 3 is 2.56 bits per heavy atom. The summed E-state index contributed by atoms with van der Waals surface area (Å²) >= 11 is 1.58. The summed E-state index contributed by atoms with van der Waals surface area (Å²) in [5.41, 5.74) is 2.98. The van der Waals surface area contributed by atoms with Crippen LogP contribution in [0.15, 0.2) is 53.9 Å². The van der Waals surface area contributed by atoms with Crippen molar-refractivity contribution in [3.63, 3.8) is 0 Å². The molecule has 0 spiro atoms. The van der Waals surface area contributed by atoms with Crippen molar-refractivity contribution < 1.29 is 14.6 Å². The largest absolute Gasteiger partial charge is 0.508 e. The molecule has 3 aromatic rings. The Hall–Kier alpha value is -2.86. The van der Waals surface area contributed by atoms with Gasteiger partial charge in [0.1, 0.15) is 11.5 Å². The van der Waals surface area contributed by atoms with Gasteiger partial charge in [0.2, 0.25) is 5.91 Å². The van der Waals surface area contributed by atoms with E-state index >= 15 is 0 Å². The van der Waals surface area contributed by atoms with Gasteiger partial charge in [0, 0.05) is 30.3 Å². The van der Waals surface area contributed by atoms with Crippen LogP contribution in [0.1, 0.15) is 17.0 Å². The van der Waals surface area contributed by atoms with Gasteiger partial charge in [-0.3, -0.25) is 4.79 Å². The fourth-order valence-corrected chi connectivity index (χ4v) is 3.45. The van der Waals surface area contributed by atoms with E-state index < -0.39 is 0 Å². The lowest BCUT2D eigenvalue weighted by Crippen LogP contribution is -2.25. The van der Waals surface area contributed by atoms with Crippen LogP contribution in [0.4, 0.5) is 0 Å². The molecule has 1 heterocycles. The van der Waals surface area contributed by atoms with Crippen molar-refractivity contribution in [3.8, 4) is 22.8 Å². The molecule has 27 heavy (non-hydrogen) atoms. The molecule has 6 heteroatoms. The molecule has 0 radical (unpaired) electrons. The van der Waals surface area contributed by atoms with Crippen LogP contribution in [0.5, 0.6) is 11.5 Å². The number of carbonyl (C=O) groups excluding carboxylic acids is 1. The molecule has 0 saturated heterocycles. The Kier molecular flexibility index (Phi) is 6.44. The minimum absolute atomic E-state index is 0.0427. The predicted molar refractivity (Wildman–Crippen MR) is 107 cm³/mol. The number of thiazole rings is 1. The van der Waals surface area contributed by atoms with Crippen LogP contribution >= 0.6 is 11.3 Å². The number of carbonyl (C=O) groups is 1. The van der Waals surface area contributed by atoms with Gasteiger partial charge in [-0.25, -0.2) is 4.98 Å². The molecule has 0 unspecified atom stereocenters. The Morgan fingerprint density at radius 1 is 1.11 bits per heavy atom. The van der Waals surface area contributed by atoms with Crippen molar-refractivity contribution in [3.05, 3.63) is 64.5 Å². The molecule has 0 bridgehead atoms. The van der Waals surface area contributed by atoms with Gasteiger partial charge in [-0.2, -0.15) is 0 Å². The molecule has 0 fully saturated rings. The number of phenolic OH excluding ortho intramolecular Hbond substituents is 1. The fourth-order valence-electron chi connectivity index (χ4n) is 2.64.